The first-order valence-electron chi connectivity index (χ1n) is 7.91. The standard InChI is InChI=1S/C19H17ClN2O4/c20-15-4-8-17(9-5-15)25-12-1-13-26-19(24)14-2-6-16(7-3-14)22-18(23)10-11-21/h2-9H,1,10,12-13H2,(H,22,23). The number of carbonyl (C=O) groups is 2. The van der Waals surface area contributed by atoms with Crippen molar-refractivity contribution in [2.24, 2.45) is 0 Å². The Balaban J connectivity index is 1.69. The fourth-order valence-electron chi connectivity index (χ4n) is 1.99. The van der Waals surface area contributed by atoms with Crippen LogP contribution in [-0.2, 0) is 9.53 Å². The molecule has 134 valence electrons. The number of hydrogen-bond donors (Lipinski definition) is 1. The van der Waals surface area contributed by atoms with Crippen molar-refractivity contribution in [2.75, 3.05) is 18.5 Å². The summed E-state index contributed by atoms with van der Waals surface area (Å²) in [4.78, 5) is 23.3. The number of nitriles is 1. The van der Waals surface area contributed by atoms with Crippen LogP contribution in [0.15, 0.2) is 48.5 Å². The van der Waals surface area contributed by atoms with E-state index in [4.69, 9.17) is 26.3 Å². The Morgan fingerprint density at radius 1 is 1.04 bits per heavy atom. The molecule has 0 aliphatic heterocycles. The first kappa shape index (κ1) is 19.3. The summed E-state index contributed by atoms with van der Waals surface area (Å²) in [6, 6.07) is 15.0. The van der Waals surface area contributed by atoms with Gasteiger partial charge in [-0.15, -0.1) is 0 Å². The molecule has 0 fully saturated rings. The average Bonchev–Trinajstić information content (AvgIpc) is 2.63. The van der Waals surface area contributed by atoms with Crippen molar-refractivity contribution < 1.29 is 19.1 Å². The zero-order valence-electron chi connectivity index (χ0n) is 13.9. The normalized spacial score (nSPS) is 9.85. The third kappa shape index (κ3) is 6.46. The van der Waals surface area contributed by atoms with Crippen molar-refractivity contribution in [3.05, 3.63) is 59.1 Å². The van der Waals surface area contributed by atoms with E-state index in [1.807, 2.05) is 0 Å². The molecule has 0 radical (unpaired) electrons. The molecule has 0 saturated carbocycles. The van der Waals surface area contributed by atoms with E-state index in [1.165, 1.54) is 0 Å². The number of nitrogens with one attached hydrogen (secondary N) is 1. The van der Waals surface area contributed by atoms with Crippen molar-refractivity contribution >= 4 is 29.2 Å². The summed E-state index contributed by atoms with van der Waals surface area (Å²) in [6.45, 7) is 0.645. The fraction of sp³-hybridized carbons (Fsp3) is 0.211. The predicted octanol–water partition coefficient (Wildman–Crippen LogP) is 3.82. The van der Waals surface area contributed by atoms with Crippen LogP contribution in [0.25, 0.3) is 0 Å². The molecule has 0 spiro atoms. The quantitative estimate of drug-likeness (QED) is 0.562. The number of esters is 1. The second kappa shape index (κ2) is 10.1. The lowest BCUT2D eigenvalue weighted by molar-refractivity contribution is -0.115. The minimum Gasteiger partial charge on any atom is -0.493 e. The molecule has 0 atom stereocenters. The molecule has 1 amide bonds. The molecular weight excluding hydrogens is 356 g/mol. The number of hydrogen-bond acceptors (Lipinski definition) is 5. The summed E-state index contributed by atoms with van der Waals surface area (Å²) in [5, 5.41) is 11.6. The van der Waals surface area contributed by atoms with Gasteiger partial charge in [-0.25, -0.2) is 4.79 Å². The molecule has 7 heteroatoms. The molecule has 0 aromatic heterocycles. The van der Waals surface area contributed by atoms with E-state index >= 15 is 0 Å². The maximum Gasteiger partial charge on any atom is 0.338 e. The largest absolute Gasteiger partial charge is 0.493 e. The Labute approximate surface area is 156 Å². The topological polar surface area (TPSA) is 88.4 Å². The first-order chi connectivity index (χ1) is 12.6. The third-order valence-electron chi connectivity index (χ3n) is 3.25. The summed E-state index contributed by atoms with van der Waals surface area (Å²) in [6.07, 6.45) is 0.332. The third-order valence-corrected chi connectivity index (χ3v) is 3.50. The van der Waals surface area contributed by atoms with Crippen LogP contribution >= 0.6 is 11.6 Å². The van der Waals surface area contributed by atoms with Gasteiger partial charge in [-0.1, -0.05) is 11.6 Å². The second-order valence-electron chi connectivity index (χ2n) is 5.25. The number of amides is 1. The molecular formula is C19H17ClN2O4. The smallest absolute Gasteiger partial charge is 0.338 e. The van der Waals surface area contributed by atoms with Gasteiger partial charge in [0.1, 0.15) is 12.2 Å². The number of carbonyl (C=O) groups excluding carboxylic acids is 2. The summed E-state index contributed by atoms with van der Waals surface area (Å²) in [5.74, 6) is -0.148. The van der Waals surface area contributed by atoms with E-state index in [2.05, 4.69) is 5.32 Å². The minimum atomic E-state index is -0.452. The van der Waals surface area contributed by atoms with Gasteiger partial charge in [0.25, 0.3) is 0 Å². The highest BCUT2D eigenvalue weighted by Crippen LogP contribution is 2.15. The first-order valence-corrected chi connectivity index (χ1v) is 8.28. The summed E-state index contributed by atoms with van der Waals surface area (Å²) < 4.78 is 10.7. The zero-order chi connectivity index (χ0) is 18.8. The molecule has 0 heterocycles. The minimum absolute atomic E-state index is 0.220. The number of halogens is 1. The van der Waals surface area contributed by atoms with E-state index in [9.17, 15) is 9.59 Å². The highest BCUT2D eigenvalue weighted by molar-refractivity contribution is 6.30. The molecule has 0 aliphatic carbocycles. The van der Waals surface area contributed by atoms with Crippen LogP contribution in [0.3, 0.4) is 0 Å². The molecule has 2 aromatic rings. The van der Waals surface area contributed by atoms with Gasteiger partial charge in [0.15, 0.2) is 0 Å². The van der Waals surface area contributed by atoms with E-state index in [0.29, 0.717) is 35.1 Å². The van der Waals surface area contributed by atoms with Gasteiger partial charge in [-0.2, -0.15) is 5.26 Å². The van der Waals surface area contributed by atoms with Gasteiger partial charge < -0.3 is 14.8 Å². The van der Waals surface area contributed by atoms with E-state index in [-0.39, 0.29) is 13.0 Å². The monoisotopic (exact) mass is 372 g/mol. The number of ether oxygens (including phenoxy) is 2. The van der Waals surface area contributed by atoms with Gasteiger partial charge in [0, 0.05) is 17.1 Å². The molecule has 0 unspecified atom stereocenters. The second-order valence-corrected chi connectivity index (χ2v) is 5.69. The lowest BCUT2D eigenvalue weighted by atomic mass is 10.2. The fourth-order valence-corrected chi connectivity index (χ4v) is 2.12. The maximum atomic E-state index is 11.9. The molecule has 2 aromatic carbocycles. The molecule has 1 N–H and O–H groups in total. The van der Waals surface area contributed by atoms with Gasteiger partial charge in [0.2, 0.25) is 5.91 Å². The number of benzene rings is 2. The van der Waals surface area contributed by atoms with Crippen LogP contribution in [0, 0.1) is 11.3 Å². The van der Waals surface area contributed by atoms with Crippen LogP contribution in [-0.4, -0.2) is 25.1 Å². The Bertz CT molecular complexity index is 783. The number of rotatable bonds is 8. The van der Waals surface area contributed by atoms with Crippen LogP contribution < -0.4 is 10.1 Å². The SMILES string of the molecule is N#CCC(=O)Nc1ccc(C(=O)OCCCOc2ccc(Cl)cc2)cc1. The molecule has 2 rings (SSSR count). The van der Waals surface area contributed by atoms with E-state index in [0.717, 1.165) is 0 Å². The summed E-state index contributed by atoms with van der Waals surface area (Å²) in [7, 11) is 0. The van der Waals surface area contributed by atoms with E-state index in [1.54, 1.807) is 54.6 Å². The predicted molar refractivity (Wildman–Crippen MR) is 97.1 cm³/mol. The Morgan fingerprint density at radius 2 is 1.73 bits per heavy atom. The van der Waals surface area contributed by atoms with Crippen LogP contribution in [0.5, 0.6) is 5.75 Å². The lowest BCUT2D eigenvalue weighted by Gasteiger charge is -2.08. The molecule has 0 aliphatic rings. The van der Waals surface area contributed by atoms with Crippen LogP contribution in [0.4, 0.5) is 5.69 Å². The van der Waals surface area contributed by atoms with Crippen molar-refractivity contribution in [3.8, 4) is 11.8 Å². The van der Waals surface area contributed by atoms with Crippen molar-refractivity contribution in [1.29, 1.82) is 5.26 Å². The van der Waals surface area contributed by atoms with Gasteiger partial charge in [0.05, 0.1) is 24.8 Å². The number of anilines is 1. The summed E-state index contributed by atoms with van der Waals surface area (Å²) >= 11 is 5.79. The Morgan fingerprint density at radius 3 is 2.38 bits per heavy atom. The zero-order valence-corrected chi connectivity index (χ0v) is 14.7. The molecule has 6 nitrogen and oxygen atoms in total. The van der Waals surface area contributed by atoms with Crippen molar-refractivity contribution in [3.63, 3.8) is 0 Å². The van der Waals surface area contributed by atoms with Gasteiger partial charge in [-0.3, -0.25) is 4.79 Å². The molecule has 0 saturated heterocycles. The van der Waals surface area contributed by atoms with Crippen molar-refractivity contribution in [1.82, 2.24) is 0 Å². The average molecular weight is 373 g/mol. The highest BCUT2D eigenvalue weighted by Gasteiger charge is 2.08. The summed E-state index contributed by atoms with van der Waals surface area (Å²) in [5.41, 5.74) is 0.889. The molecule has 0 bridgehead atoms. The van der Waals surface area contributed by atoms with Gasteiger partial charge >= 0.3 is 5.97 Å². The Kier molecular flexibility index (Phi) is 7.47. The Hall–Kier alpha value is -3.04. The van der Waals surface area contributed by atoms with Gasteiger partial charge in [-0.05, 0) is 48.5 Å². The molecule has 26 heavy (non-hydrogen) atoms. The van der Waals surface area contributed by atoms with E-state index < -0.39 is 11.9 Å². The van der Waals surface area contributed by atoms with Crippen molar-refractivity contribution in [2.45, 2.75) is 12.8 Å². The maximum absolute atomic E-state index is 11.9. The van der Waals surface area contributed by atoms with Crippen LogP contribution in [0.2, 0.25) is 5.02 Å². The highest BCUT2D eigenvalue weighted by atomic mass is 35.5. The van der Waals surface area contributed by atoms with Crippen LogP contribution in [0.1, 0.15) is 23.2 Å². The number of nitrogens with zero attached hydrogens (tertiary/aromatic N) is 1. The lowest BCUT2D eigenvalue weighted by Crippen LogP contribution is -2.11.